The molecule has 2 aliphatic carbocycles. The molecule has 1 aromatic heterocycles. The maximum absolute atomic E-state index is 12.6. The van der Waals surface area contributed by atoms with E-state index < -0.39 is 10.0 Å². The highest BCUT2D eigenvalue weighted by molar-refractivity contribution is 9.10. The van der Waals surface area contributed by atoms with Crippen LogP contribution in [0.2, 0.25) is 0 Å². The normalized spacial score (nSPS) is 21.1. The van der Waals surface area contributed by atoms with Crippen LogP contribution in [0.15, 0.2) is 20.1 Å². The fraction of sp³-hybridized carbons (Fsp3) is 0.636. The molecule has 2 fully saturated rings. The zero-order chi connectivity index (χ0) is 12.0. The zero-order valence-corrected chi connectivity index (χ0v) is 12.5. The van der Waals surface area contributed by atoms with Crippen LogP contribution in [0.4, 0.5) is 0 Å². The molecule has 1 heterocycles. The number of sulfonamides is 1. The van der Waals surface area contributed by atoms with Gasteiger partial charge in [0.05, 0.1) is 0 Å². The Bertz CT molecular complexity index is 517. The molecule has 0 amide bonds. The molecule has 2 saturated carbocycles. The summed E-state index contributed by atoms with van der Waals surface area (Å²) < 4.78 is 28.0. The number of hydrogen-bond donors (Lipinski definition) is 0. The van der Waals surface area contributed by atoms with Crippen molar-refractivity contribution >= 4 is 37.3 Å². The van der Waals surface area contributed by atoms with E-state index in [0.717, 1.165) is 19.4 Å². The second kappa shape index (κ2) is 4.33. The maximum atomic E-state index is 12.6. The Hall–Kier alpha value is 0.0900. The monoisotopic (exact) mass is 335 g/mol. The molecule has 0 spiro atoms. The quantitative estimate of drug-likeness (QED) is 0.829. The van der Waals surface area contributed by atoms with E-state index in [0.29, 0.717) is 14.6 Å². The molecular weight excluding hydrogens is 322 g/mol. The Morgan fingerprint density at radius 3 is 2.53 bits per heavy atom. The minimum Gasteiger partial charge on any atom is -0.206 e. The van der Waals surface area contributed by atoms with Gasteiger partial charge in [-0.25, -0.2) is 8.42 Å². The predicted molar refractivity (Wildman–Crippen MR) is 71.7 cm³/mol. The van der Waals surface area contributed by atoms with Gasteiger partial charge in [-0.3, -0.25) is 0 Å². The molecule has 6 heteroatoms. The van der Waals surface area contributed by atoms with Crippen molar-refractivity contribution in [2.45, 2.75) is 35.9 Å². The van der Waals surface area contributed by atoms with Crippen LogP contribution in [0.3, 0.4) is 0 Å². The van der Waals surface area contributed by atoms with Crippen molar-refractivity contribution in [3.8, 4) is 0 Å². The fourth-order valence-electron chi connectivity index (χ4n) is 1.93. The molecule has 0 aliphatic heterocycles. The Balaban J connectivity index is 1.90. The van der Waals surface area contributed by atoms with Crippen molar-refractivity contribution in [1.82, 2.24) is 4.31 Å². The molecular formula is C11H14BrNO2S2. The van der Waals surface area contributed by atoms with E-state index >= 15 is 0 Å². The molecule has 0 unspecified atom stereocenters. The minimum absolute atomic E-state index is 0.259. The van der Waals surface area contributed by atoms with Gasteiger partial charge in [0, 0.05) is 17.1 Å². The van der Waals surface area contributed by atoms with Crippen molar-refractivity contribution in [3.05, 3.63) is 15.9 Å². The molecule has 0 radical (unpaired) electrons. The fourth-order valence-corrected chi connectivity index (χ4v) is 6.12. The second-order valence-electron chi connectivity index (χ2n) is 4.81. The molecule has 0 atom stereocenters. The van der Waals surface area contributed by atoms with Crippen LogP contribution in [0, 0.1) is 5.92 Å². The minimum atomic E-state index is -3.28. The van der Waals surface area contributed by atoms with Crippen molar-refractivity contribution in [1.29, 1.82) is 0 Å². The highest BCUT2D eigenvalue weighted by atomic mass is 79.9. The summed E-state index contributed by atoms with van der Waals surface area (Å²) in [6.45, 7) is 0.720. The average molecular weight is 336 g/mol. The molecule has 0 bridgehead atoms. The third-order valence-electron chi connectivity index (χ3n) is 3.22. The topological polar surface area (TPSA) is 37.4 Å². The van der Waals surface area contributed by atoms with Gasteiger partial charge in [-0.1, -0.05) is 0 Å². The van der Waals surface area contributed by atoms with Crippen LogP contribution in [0.1, 0.15) is 25.7 Å². The van der Waals surface area contributed by atoms with Gasteiger partial charge in [0.2, 0.25) is 0 Å². The number of nitrogens with zero attached hydrogens (tertiary/aromatic N) is 1. The molecule has 0 aromatic carbocycles. The summed E-state index contributed by atoms with van der Waals surface area (Å²) in [4.78, 5) is 0. The Morgan fingerprint density at radius 2 is 2.06 bits per heavy atom. The number of hydrogen-bond acceptors (Lipinski definition) is 3. The summed E-state index contributed by atoms with van der Waals surface area (Å²) in [6.07, 6.45) is 4.42. The van der Waals surface area contributed by atoms with E-state index in [-0.39, 0.29) is 6.04 Å². The van der Waals surface area contributed by atoms with E-state index in [1.54, 1.807) is 10.4 Å². The van der Waals surface area contributed by atoms with Gasteiger partial charge in [-0.15, -0.1) is 11.3 Å². The van der Waals surface area contributed by atoms with Crippen LogP contribution in [-0.2, 0) is 10.0 Å². The molecule has 0 N–H and O–H groups in total. The third-order valence-corrected chi connectivity index (χ3v) is 7.78. The largest absolute Gasteiger partial charge is 0.253 e. The van der Waals surface area contributed by atoms with Crippen molar-refractivity contribution in [3.63, 3.8) is 0 Å². The number of halogens is 1. The molecule has 94 valence electrons. The lowest BCUT2D eigenvalue weighted by molar-refractivity contribution is 0.389. The highest BCUT2D eigenvalue weighted by Crippen LogP contribution is 2.40. The van der Waals surface area contributed by atoms with Gasteiger partial charge in [0.1, 0.15) is 4.21 Å². The molecule has 0 saturated heterocycles. The molecule has 3 nitrogen and oxygen atoms in total. The van der Waals surface area contributed by atoms with Gasteiger partial charge in [0.25, 0.3) is 10.0 Å². The Labute approximate surface area is 114 Å². The molecule has 1 aromatic rings. The second-order valence-corrected chi connectivity index (χ2v) is 8.66. The van der Waals surface area contributed by atoms with E-state index in [2.05, 4.69) is 15.9 Å². The summed E-state index contributed by atoms with van der Waals surface area (Å²) in [5.41, 5.74) is 0. The van der Waals surface area contributed by atoms with Crippen molar-refractivity contribution in [2.24, 2.45) is 5.92 Å². The summed E-state index contributed by atoms with van der Waals surface area (Å²) in [6, 6.07) is 2.06. The zero-order valence-electron chi connectivity index (χ0n) is 9.30. The molecule has 3 rings (SSSR count). The van der Waals surface area contributed by atoms with E-state index in [1.165, 1.54) is 24.2 Å². The lowest BCUT2D eigenvalue weighted by atomic mass is 10.4. The lowest BCUT2D eigenvalue weighted by Crippen LogP contribution is -2.34. The van der Waals surface area contributed by atoms with Gasteiger partial charge < -0.3 is 0 Å². The molecule has 2 aliphatic rings. The van der Waals surface area contributed by atoms with Crippen LogP contribution in [0.5, 0.6) is 0 Å². The van der Waals surface area contributed by atoms with E-state index in [1.807, 2.05) is 5.38 Å². The third kappa shape index (κ3) is 2.45. The smallest absolute Gasteiger partial charge is 0.206 e. The predicted octanol–water partition coefficient (Wildman–Crippen LogP) is 3.07. The van der Waals surface area contributed by atoms with Crippen molar-refractivity contribution in [2.75, 3.05) is 6.54 Å². The van der Waals surface area contributed by atoms with Gasteiger partial charge in [-0.2, -0.15) is 4.31 Å². The summed E-state index contributed by atoms with van der Waals surface area (Å²) in [5, 5.41) is 1.82. The van der Waals surface area contributed by atoms with E-state index in [4.69, 9.17) is 0 Å². The van der Waals surface area contributed by atoms with Crippen molar-refractivity contribution < 1.29 is 8.42 Å². The highest BCUT2D eigenvalue weighted by Gasteiger charge is 2.42. The lowest BCUT2D eigenvalue weighted by Gasteiger charge is -2.21. The summed E-state index contributed by atoms with van der Waals surface area (Å²) >= 11 is 4.63. The maximum Gasteiger partial charge on any atom is 0.253 e. The first kappa shape index (κ1) is 12.1. The van der Waals surface area contributed by atoms with Gasteiger partial charge in [0.15, 0.2) is 0 Å². The first-order chi connectivity index (χ1) is 8.09. The summed E-state index contributed by atoms with van der Waals surface area (Å²) in [5.74, 6) is 0.601. The van der Waals surface area contributed by atoms with Crippen LogP contribution in [0.25, 0.3) is 0 Å². The average Bonchev–Trinajstić information content (AvgIpc) is 3.15. The van der Waals surface area contributed by atoms with Crippen LogP contribution >= 0.6 is 27.3 Å². The van der Waals surface area contributed by atoms with Gasteiger partial charge in [-0.05, 0) is 59.0 Å². The number of rotatable bonds is 5. The SMILES string of the molecule is O=S(=O)(c1sccc1Br)N(CC1CC1)C1CC1. The van der Waals surface area contributed by atoms with Crippen LogP contribution in [-0.4, -0.2) is 25.3 Å². The van der Waals surface area contributed by atoms with Crippen LogP contribution < -0.4 is 0 Å². The Morgan fingerprint density at radius 1 is 1.35 bits per heavy atom. The Kier molecular flexibility index (Phi) is 3.09. The standard InChI is InChI=1S/C11H14BrNO2S2/c12-10-5-6-16-11(10)17(14,15)13(9-3-4-9)7-8-1-2-8/h5-6,8-9H,1-4,7H2. The first-order valence-corrected chi connectivity index (χ1v) is 8.95. The summed E-state index contributed by atoms with van der Waals surface area (Å²) in [7, 11) is -3.28. The first-order valence-electron chi connectivity index (χ1n) is 5.84. The molecule has 17 heavy (non-hydrogen) atoms. The van der Waals surface area contributed by atoms with E-state index in [9.17, 15) is 8.42 Å². The number of thiophene rings is 1. The van der Waals surface area contributed by atoms with Gasteiger partial charge >= 0.3 is 0 Å².